The van der Waals surface area contributed by atoms with Crippen LogP contribution >= 0.6 is 0 Å². The van der Waals surface area contributed by atoms with Crippen LogP contribution in [-0.4, -0.2) is 50.6 Å². The number of hydrogen-bond acceptors (Lipinski definition) is 5. The summed E-state index contributed by atoms with van der Waals surface area (Å²) in [6.45, 7) is 4.23. The van der Waals surface area contributed by atoms with Crippen LogP contribution in [0.5, 0.6) is 0 Å². The van der Waals surface area contributed by atoms with E-state index in [1.54, 1.807) is 4.68 Å². The van der Waals surface area contributed by atoms with Crippen molar-refractivity contribution in [3.05, 3.63) is 41.7 Å². The molecule has 2 aromatic rings. The molecule has 7 heteroatoms. The third kappa shape index (κ3) is 3.55. The topological polar surface area (TPSA) is 89.9 Å². The van der Waals surface area contributed by atoms with Crippen LogP contribution < -0.4 is 5.73 Å². The highest BCUT2D eigenvalue weighted by molar-refractivity contribution is 5.81. The lowest BCUT2D eigenvalue weighted by atomic mass is 9.70. The number of hydrogen-bond donors (Lipinski definition) is 1. The van der Waals surface area contributed by atoms with Crippen molar-refractivity contribution in [1.29, 1.82) is 0 Å². The van der Waals surface area contributed by atoms with Gasteiger partial charge in [0.2, 0.25) is 5.91 Å². The predicted molar refractivity (Wildman–Crippen MR) is 106 cm³/mol. The van der Waals surface area contributed by atoms with Crippen molar-refractivity contribution >= 4 is 5.91 Å². The second-order valence-corrected chi connectivity index (χ2v) is 8.39. The molecule has 4 rings (SSSR count). The maximum absolute atomic E-state index is 13.5. The summed E-state index contributed by atoms with van der Waals surface area (Å²) in [5.41, 5.74) is 7.51. The molecule has 2 unspecified atom stereocenters. The van der Waals surface area contributed by atoms with Crippen LogP contribution in [0.15, 0.2) is 30.3 Å². The summed E-state index contributed by atoms with van der Waals surface area (Å²) < 4.78 is 1.68. The Balaban J connectivity index is 1.51. The first-order chi connectivity index (χ1) is 13.6. The number of aryl methyl sites for hydroxylation is 1. The van der Waals surface area contributed by atoms with Gasteiger partial charge in [-0.15, -0.1) is 5.10 Å². The van der Waals surface area contributed by atoms with Gasteiger partial charge in [0.25, 0.3) is 0 Å². The smallest absolute Gasteiger partial charge is 0.247 e. The van der Waals surface area contributed by atoms with Crippen molar-refractivity contribution in [2.75, 3.05) is 19.6 Å². The minimum Gasteiger partial charge on any atom is -0.341 e. The molecule has 2 atom stereocenters. The first-order valence-corrected chi connectivity index (χ1v) is 10.4. The van der Waals surface area contributed by atoms with Gasteiger partial charge in [-0.2, -0.15) is 0 Å². The van der Waals surface area contributed by atoms with Crippen molar-refractivity contribution in [1.82, 2.24) is 25.1 Å². The van der Waals surface area contributed by atoms with Gasteiger partial charge in [-0.1, -0.05) is 36.8 Å². The summed E-state index contributed by atoms with van der Waals surface area (Å²) in [5.74, 6) is 1.41. The molecule has 1 aliphatic heterocycles. The summed E-state index contributed by atoms with van der Waals surface area (Å²) >= 11 is 0. The standard InChI is InChI=1S/C21H30N6O/c1-16-23-24-25-27(16)19(14-17-6-3-2-4-7-17)20(28)26-12-10-21(11-13-26)9-5-8-18(21)15-22/h2-4,6-7,18-19H,5,8-15,22H2,1H3. The molecule has 150 valence electrons. The Morgan fingerprint density at radius 2 is 2.00 bits per heavy atom. The molecule has 28 heavy (non-hydrogen) atoms. The van der Waals surface area contributed by atoms with Crippen molar-refractivity contribution in [3.8, 4) is 0 Å². The van der Waals surface area contributed by atoms with E-state index in [-0.39, 0.29) is 5.91 Å². The third-order valence-electron chi connectivity index (χ3n) is 6.96. The molecule has 1 saturated carbocycles. The van der Waals surface area contributed by atoms with Gasteiger partial charge in [0.1, 0.15) is 11.9 Å². The predicted octanol–water partition coefficient (Wildman–Crippen LogP) is 2.13. The van der Waals surface area contributed by atoms with Crippen molar-refractivity contribution in [3.63, 3.8) is 0 Å². The zero-order valence-electron chi connectivity index (χ0n) is 16.6. The quantitative estimate of drug-likeness (QED) is 0.856. The van der Waals surface area contributed by atoms with Crippen LogP contribution in [0.3, 0.4) is 0 Å². The second kappa shape index (κ2) is 7.99. The lowest BCUT2D eigenvalue weighted by Crippen LogP contribution is -2.48. The lowest BCUT2D eigenvalue weighted by Gasteiger charge is -2.43. The fraction of sp³-hybridized carbons (Fsp3) is 0.619. The number of rotatable bonds is 5. The van der Waals surface area contributed by atoms with Crippen LogP contribution in [-0.2, 0) is 11.2 Å². The number of nitrogens with two attached hydrogens (primary N) is 1. The number of piperidine rings is 1. The number of aromatic nitrogens is 4. The Morgan fingerprint density at radius 3 is 2.64 bits per heavy atom. The first-order valence-electron chi connectivity index (χ1n) is 10.4. The van der Waals surface area contributed by atoms with Gasteiger partial charge >= 0.3 is 0 Å². The fourth-order valence-electron chi connectivity index (χ4n) is 5.26. The molecule has 1 aromatic carbocycles. The second-order valence-electron chi connectivity index (χ2n) is 8.39. The van der Waals surface area contributed by atoms with E-state index in [0.717, 1.165) is 38.0 Å². The maximum Gasteiger partial charge on any atom is 0.247 e. The van der Waals surface area contributed by atoms with Crippen molar-refractivity contribution < 1.29 is 4.79 Å². The Bertz CT molecular complexity index is 796. The zero-order chi connectivity index (χ0) is 19.6. The monoisotopic (exact) mass is 382 g/mol. The minimum absolute atomic E-state index is 0.122. The highest BCUT2D eigenvalue weighted by Gasteiger charge is 2.45. The van der Waals surface area contributed by atoms with E-state index < -0.39 is 6.04 Å². The molecule has 1 aromatic heterocycles. The van der Waals surface area contributed by atoms with E-state index in [1.807, 2.05) is 30.0 Å². The minimum atomic E-state index is -0.402. The number of amides is 1. The van der Waals surface area contributed by atoms with E-state index >= 15 is 0 Å². The van der Waals surface area contributed by atoms with Gasteiger partial charge in [0.05, 0.1) is 0 Å². The molecular weight excluding hydrogens is 352 g/mol. The Labute approximate surface area is 166 Å². The molecule has 1 aliphatic carbocycles. The molecule has 7 nitrogen and oxygen atoms in total. The number of likely N-dealkylation sites (tertiary alicyclic amines) is 1. The third-order valence-corrected chi connectivity index (χ3v) is 6.96. The molecule has 1 saturated heterocycles. The Kier molecular flexibility index (Phi) is 5.44. The molecule has 2 aliphatic rings. The molecule has 2 heterocycles. The van der Waals surface area contributed by atoms with E-state index in [4.69, 9.17) is 5.73 Å². The van der Waals surface area contributed by atoms with Gasteiger partial charge in [-0.05, 0) is 66.5 Å². The summed E-state index contributed by atoms with van der Waals surface area (Å²) in [4.78, 5) is 15.5. The molecule has 1 spiro atoms. The van der Waals surface area contributed by atoms with Crippen LogP contribution in [0, 0.1) is 18.3 Å². The summed E-state index contributed by atoms with van der Waals surface area (Å²) in [5, 5.41) is 11.9. The fourth-order valence-corrected chi connectivity index (χ4v) is 5.26. The van der Waals surface area contributed by atoms with Crippen LogP contribution in [0.2, 0.25) is 0 Å². The summed E-state index contributed by atoms with van der Waals surface area (Å²) in [6, 6.07) is 9.69. The highest BCUT2D eigenvalue weighted by Crippen LogP contribution is 2.50. The van der Waals surface area contributed by atoms with Crippen LogP contribution in [0.4, 0.5) is 0 Å². The highest BCUT2D eigenvalue weighted by atomic mass is 16.2. The van der Waals surface area contributed by atoms with Gasteiger partial charge in [-0.3, -0.25) is 4.79 Å². The number of nitrogens with zero attached hydrogens (tertiary/aromatic N) is 5. The Hall–Kier alpha value is -2.28. The molecular formula is C21H30N6O. The number of carbonyl (C=O) groups excluding carboxylic acids is 1. The Morgan fingerprint density at radius 1 is 1.25 bits per heavy atom. The summed E-state index contributed by atoms with van der Waals surface area (Å²) in [6.07, 6.45) is 6.50. The SMILES string of the molecule is Cc1nnnn1C(Cc1ccccc1)C(=O)N1CCC2(CCCC2CN)CC1. The number of benzene rings is 1. The zero-order valence-corrected chi connectivity index (χ0v) is 16.6. The summed E-state index contributed by atoms with van der Waals surface area (Å²) in [7, 11) is 0. The molecule has 0 radical (unpaired) electrons. The van der Waals surface area contributed by atoms with Crippen molar-refractivity contribution in [2.24, 2.45) is 17.1 Å². The van der Waals surface area contributed by atoms with E-state index in [1.165, 1.54) is 19.3 Å². The van der Waals surface area contributed by atoms with Gasteiger partial charge < -0.3 is 10.6 Å². The average Bonchev–Trinajstić information content (AvgIpc) is 3.33. The van der Waals surface area contributed by atoms with E-state index in [9.17, 15) is 4.79 Å². The van der Waals surface area contributed by atoms with Crippen LogP contribution in [0.1, 0.15) is 49.5 Å². The van der Waals surface area contributed by atoms with Crippen molar-refractivity contribution in [2.45, 2.75) is 51.5 Å². The van der Waals surface area contributed by atoms with E-state index in [2.05, 4.69) is 27.7 Å². The van der Waals surface area contributed by atoms with Gasteiger partial charge in [0.15, 0.2) is 0 Å². The first kappa shape index (κ1) is 19.1. The van der Waals surface area contributed by atoms with Gasteiger partial charge in [0, 0.05) is 19.5 Å². The average molecular weight is 383 g/mol. The molecule has 1 amide bonds. The number of carbonyl (C=O) groups is 1. The largest absolute Gasteiger partial charge is 0.341 e. The molecule has 2 fully saturated rings. The van der Waals surface area contributed by atoms with E-state index in [0.29, 0.717) is 23.6 Å². The number of tetrazole rings is 1. The lowest BCUT2D eigenvalue weighted by molar-refractivity contribution is -0.138. The van der Waals surface area contributed by atoms with Gasteiger partial charge in [-0.25, -0.2) is 4.68 Å². The molecule has 2 N–H and O–H groups in total. The van der Waals surface area contributed by atoms with Crippen LogP contribution in [0.25, 0.3) is 0 Å². The molecule has 0 bridgehead atoms. The normalized spacial score (nSPS) is 22.5. The maximum atomic E-state index is 13.5.